The molecule has 1 aromatic heterocycles. The van der Waals surface area contributed by atoms with E-state index in [0.29, 0.717) is 37.0 Å². The molecule has 0 bridgehead atoms. The molecular weight excluding hydrogens is 332 g/mol. The van der Waals surface area contributed by atoms with Crippen molar-refractivity contribution in [1.29, 1.82) is 0 Å². The molecule has 0 saturated heterocycles. The van der Waals surface area contributed by atoms with Crippen LogP contribution in [0, 0.1) is 0 Å². The van der Waals surface area contributed by atoms with Crippen molar-refractivity contribution >= 4 is 12.0 Å². The first-order chi connectivity index (χ1) is 12.7. The number of amides is 1. The smallest absolute Gasteiger partial charge is 0.246 e. The second-order valence-corrected chi connectivity index (χ2v) is 5.91. The summed E-state index contributed by atoms with van der Waals surface area (Å²) in [7, 11) is 3.36. The first kappa shape index (κ1) is 17.8. The van der Waals surface area contributed by atoms with Gasteiger partial charge in [-0.1, -0.05) is 6.07 Å². The number of pyridine rings is 1. The van der Waals surface area contributed by atoms with Crippen molar-refractivity contribution in [3.8, 4) is 17.2 Å². The van der Waals surface area contributed by atoms with Gasteiger partial charge < -0.3 is 19.1 Å². The van der Waals surface area contributed by atoms with Crippen molar-refractivity contribution in [3.63, 3.8) is 0 Å². The molecule has 0 N–H and O–H groups in total. The summed E-state index contributed by atoms with van der Waals surface area (Å²) in [5.74, 6) is 1.76. The molecule has 6 nitrogen and oxygen atoms in total. The SMILES string of the molecule is COc1cc(/C=C/C(=O)N(C)CCc2ccccn2)cc2c1OCCO2. The van der Waals surface area contributed by atoms with E-state index in [1.165, 1.54) is 0 Å². The van der Waals surface area contributed by atoms with Crippen LogP contribution in [0.4, 0.5) is 0 Å². The van der Waals surface area contributed by atoms with Gasteiger partial charge in [-0.3, -0.25) is 9.78 Å². The number of benzene rings is 1. The van der Waals surface area contributed by atoms with Crippen LogP contribution < -0.4 is 14.2 Å². The lowest BCUT2D eigenvalue weighted by Gasteiger charge is -2.21. The predicted octanol–water partition coefficient (Wildman–Crippen LogP) is 2.58. The number of rotatable bonds is 6. The van der Waals surface area contributed by atoms with Crippen molar-refractivity contribution in [3.05, 3.63) is 53.9 Å². The number of ether oxygens (including phenoxy) is 3. The molecule has 3 rings (SSSR count). The topological polar surface area (TPSA) is 60.9 Å². The number of fused-ring (bicyclic) bond motifs is 1. The summed E-state index contributed by atoms with van der Waals surface area (Å²) in [5.41, 5.74) is 1.78. The molecule has 1 aliphatic heterocycles. The minimum absolute atomic E-state index is 0.0743. The van der Waals surface area contributed by atoms with Crippen LogP contribution in [0.2, 0.25) is 0 Å². The largest absolute Gasteiger partial charge is 0.493 e. The Balaban J connectivity index is 1.64. The molecule has 1 amide bonds. The number of nitrogens with zero attached hydrogens (tertiary/aromatic N) is 2. The van der Waals surface area contributed by atoms with Gasteiger partial charge in [0, 0.05) is 38.0 Å². The van der Waals surface area contributed by atoms with Gasteiger partial charge in [0.15, 0.2) is 11.5 Å². The van der Waals surface area contributed by atoms with Gasteiger partial charge in [0.1, 0.15) is 13.2 Å². The molecule has 0 unspecified atom stereocenters. The van der Waals surface area contributed by atoms with E-state index in [1.807, 2.05) is 30.3 Å². The number of carbonyl (C=O) groups excluding carboxylic acids is 1. The van der Waals surface area contributed by atoms with E-state index in [0.717, 1.165) is 17.7 Å². The molecule has 0 atom stereocenters. The molecule has 2 aromatic rings. The molecule has 0 radical (unpaired) electrons. The van der Waals surface area contributed by atoms with E-state index in [9.17, 15) is 4.79 Å². The van der Waals surface area contributed by atoms with E-state index in [1.54, 1.807) is 37.4 Å². The molecule has 0 saturated carbocycles. The van der Waals surface area contributed by atoms with E-state index in [2.05, 4.69) is 4.98 Å². The van der Waals surface area contributed by atoms with Crippen molar-refractivity contribution in [1.82, 2.24) is 9.88 Å². The highest BCUT2D eigenvalue weighted by molar-refractivity contribution is 5.91. The minimum atomic E-state index is -0.0743. The Morgan fingerprint density at radius 3 is 2.92 bits per heavy atom. The highest BCUT2D eigenvalue weighted by Gasteiger charge is 2.18. The zero-order valence-electron chi connectivity index (χ0n) is 15.0. The third kappa shape index (κ3) is 4.33. The predicted molar refractivity (Wildman–Crippen MR) is 98.6 cm³/mol. The van der Waals surface area contributed by atoms with Crippen LogP contribution in [0.3, 0.4) is 0 Å². The van der Waals surface area contributed by atoms with Crippen molar-refractivity contribution < 1.29 is 19.0 Å². The van der Waals surface area contributed by atoms with Crippen molar-refractivity contribution in [2.24, 2.45) is 0 Å². The van der Waals surface area contributed by atoms with Gasteiger partial charge in [-0.05, 0) is 35.9 Å². The standard InChI is InChI=1S/C20H22N2O4/c1-22(10-8-16-5-3-4-9-21-16)19(23)7-6-15-13-17(24-2)20-18(14-15)25-11-12-26-20/h3-7,9,13-14H,8,10-12H2,1-2H3/b7-6+. The summed E-state index contributed by atoms with van der Waals surface area (Å²) in [6.45, 7) is 1.60. The fourth-order valence-corrected chi connectivity index (χ4v) is 2.62. The first-order valence-electron chi connectivity index (χ1n) is 8.48. The number of likely N-dealkylation sites (N-methyl/N-ethyl adjacent to an activating group) is 1. The second kappa shape index (κ2) is 8.38. The van der Waals surface area contributed by atoms with Gasteiger partial charge in [-0.25, -0.2) is 0 Å². The zero-order chi connectivity index (χ0) is 18.4. The second-order valence-electron chi connectivity index (χ2n) is 5.91. The van der Waals surface area contributed by atoms with Gasteiger partial charge in [0.25, 0.3) is 0 Å². The third-order valence-electron chi connectivity index (χ3n) is 4.07. The maximum atomic E-state index is 12.3. The van der Waals surface area contributed by atoms with E-state index in [-0.39, 0.29) is 5.91 Å². The molecule has 136 valence electrons. The van der Waals surface area contributed by atoms with Crippen LogP contribution in [0.15, 0.2) is 42.6 Å². The molecular formula is C20H22N2O4. The van der Waals surface area contributed by atoms with Gasteiger partial charge in [-0.2, -0.15) is 0 Å². The van der Waals surface area contributed by atoms with Gasteiger partial charge in [0.2, 0.25) is 11.7 Å². The number of methoxy groups -OCH3 is 1. The number of aromatic nitrogens is 1. The van der Waals surface area contributed by atoms with Crippen molar-refractivity contribution in [2.75, 3.05) is 33.9 Å². The van der Waals surface area contributed by atoms with Crippen LogP contribution in [0.25, 0.3) is 6.08 Å². The van der Waals surface area contributed by atoms with Crippen LogP contribution in [-0.2, 0) is 11.2 Å². The first-order valence-corrected chi connectivity index (χ1v) is 8.48. The minimum Gasteiger partial charge on any atom is -0.493 e. The Kier molecular flexibility index (Phi) is 5.73. The summed E-state index contributed by atoms with van der Waals surface area (Å²) >= 11 is 0. The molecule has 6 heteroatoms. The number of carbonyl (C=O) groups is 1. The zero-order valence-corrected chi connectivity index (χ0v) is 15.0. The van der Waals surface area contributed by atoms with Crippen LogP contribution in [0.5, 0.6) is 17.2 Å². The summed E-state index contributed by atoms with van der Waals surface area (Å²) in [5, 5.41) is 0. The van der Waals surface area contributed by atoms with Gasteiger partial charge >= 0.3 is 0 Å². The fourth-order valence-electron chi connectivity index (χ4n) is 2.62. The van der Waals surface area contributed by atoms with Gasteiger partial charge in [0.05, 0.1) is 7.11 Å². The molecule has 0 spiro atoms. The van der Waals surface area contributed by atoms with Crippen LogP contribution >= 0.6 is 0 Å². The van der Waals surface area contributed by atoms with Crippen molar-refractivity contribution in [2.45, 2.75) is 6.42 Å². The molecule has 26 heavy (non-hydrogen) atoms. The van der Waals surface area contributed by atoms with E-state index < -0.39 is 0 Å². The van der Waals surface area contributed by atoms with E-state index >= 15 is 0 Å². The van der Waals surface area contributed by atoms with Crippen LogP contribution in [-0.4, -0.2) is 49.7 Å². The lowest BCUT2D eigenvalue weighted by atomic mass is 10.1. The Labute approximate surface area is 153 Å². The highest BCUT2D eigenvalue weighted by atomic mass is 16.6. The molecule has 0 fully saturated rings. The normalized spacial score (nSPS) is 12.8. The molecule has 2 heterocycles. The van der Waals surface area contributed by atoms with Gasteiger partial charge in [-0.15, -0.1) is 0 Å². The molecule has 0 aliphatic carbocycles. The van der Waals surface area contributed by atoms with Crippen LogP contribution in [0.1, 0.15) is 11.3 Å². The summed E-state index contributed by atoms with van der Waals surface area (Å²) < 4.78 is 16.5. The van der Waals surface area contributed by atoms with E-state index in [4.69, 9.17) is 14.2 Å². The highest BCUT2D eigenvalue weighted by Crippen LogP contribution is 2.40. The summed E-state index contributed by atoms with van der Waals surface area (Å²) in [6.07, 6.45) is 5.77. The average Bonchev–Trinajstić information content (AvgIpc) is 2.70. The lowest BCUT2D eigenvalue weighted by Crippen LogP contribution is -2.27. The Bertz CT molecular complexity index is 773. The Morgan fingerprint density at radius 2 is 2.15 bits per heavy atom. The number of hydrogen-bond donors (Lipinski definition) is 0. The monoisotopic (exact) mass is 354 g/mol. The molecule has 1 aromatic carbocycles. The summed E-state index contributed by atoms with van der Waals surface area (Å²) in [6, 6.07) is 9.44. The Morgan fingerprint density at radius 1 is 1.31 bits per heavy atom. The quantitative estimate of drug-likeness (QED) is 0.746. The maximum Gasteiger partial charge on any atom is 0.246 e. The average molecular weight is 354 g/mol. The molecule has 1 aliphatic rings. The summed E-state index contributed by atoms with van der Waals surface area (Å²) in [4.78, 5) is 18.2. The third-order valence-corrected chi connectivity index (χ3v) is 4.07. The maximum absolute atomic E-state index is 12.3. The Hall–Kier alpha value is -3.02. The number of hydrogen-bond acceptors (Lipinski definition) is 5. The lowest BCUT2D eigenvalue weighted by molar-refractivity contribution is -0.124. The fraction of sp³-hybridized carbons (Fsp3) is 0.300.